The van der Waals surface area contributed by atoms with E-state index < -0.39 is 0 Å². The van der Waals surface area contributed by atoms with E-state index in [1.807, 2.05) is 0 Å². The Bertz CT molecular complexity index is 263. The summed E-state index contributed by atoms with van der Waals surface area (Å²) >= 11 is 0. The van der Waals surface area contributed by atoms with Gasteiger partial charge in [0.2, 0.25) is 0 Å². The van der Waals surface area contributed by atoms with Gasteiger partial charge in [0, 0.05) is 6.42 Å². The molecule has 0 amide bonds. The average Bonchev–Trinajstić information content (AvgIpc) is 2.30. The lowest BCUT2D eigenvalue weighted by atomic mass is 10.2. The van der Waals surface area contributed by atoms with Crippen LogP contribution in [0.1, 0.15) is 31.3 Å². The standard InChI is InChI=1S/C9H14O3/c1-3-4-5-7-9(11)8(10)6(2)12-7/h10-11H,3-5H2,1-2H3. The highest BCUT2D eigenvalue weighted by molar-refractivity contribution is 5.43. The minimum atomic E-state index is -0.124. The molecule has 12 heavy (non-hydrogen) atoms. The largest absolute Gasteiger partial charge is 0.502 e. The zero-order valence-corrected chi connectivity index (χ0v) is 7.42. The van der Waals surface area contributed by atoms with Gasteiger partial charge in [-0.15, -0.1) is 0 Å². The molecule has 0 aliphatic heterocycles. The maximum Gasteiger partial charge on any atom is 0.200 e. The van der Waals surface area contributed by atoms with E-state index in [0.29, 0.717) is 17.9 Å². The number of hydrogen-bond acceptors (Lipinski definition) is 3. The summed E-state index contributed by atoms with van der Waals surface area (Å²) in [5, 5.41) is 18.5. The maximum atomic E-state index is 9.30. The lowest BCUT2D eigenvalue weighted by Crippen LogP contribution is -1.80. The van der Waals surface area contributed by atoms with Crippen molar-refractivity contribution >= 4 is 0 Å². The van der Waals surface area contributed by atoms with Crippen molar-refractivity contribution in [1.82, 2.24) is 0 Å². The highest BCUT2D eigenvalue weighted by atomic mass is 16.4. The van der Waals surface area contributed by atoms with E-state index >= 15 is 0 Å². The van der Waals surface area contributed by atoms with Crippen molar-refractivity contribution < 1.29 is 14.6 Å². The highest BCUT2D eigenvalue weighted by Crippen LogP contribution is 2.35. The average molecular weight is 170 g/mol. The van der Waals surface area contributed by atoms with Crippen molar-refractivity contribution in [3.8, 4) is 11.5 Å². The summed E-state index contributed by atoms with van der Waals surface area (Å²) in [5.74, 6) is 0.660. The third-order valence-corrected chi connectivity index (χ3v) is 1.86. The number of rotatable bonds is 3. The zero-order valence-electron chi connectivity index (χ0n) is 7.42. The van der Waals surface area contributed by atoms with E-state index in [2.05, 4.69) is 6.92 Å². The van der Waals surface area contributed by atoms with Gasteiger partial charge in [0.1, 0.15) is 11.5 Å². The molecule has 68 valence electrons. The van der Waals surface area contributed by atoms with Crippen molar-refractivity contribution in [1.29, 1.82) is 0 Å². The fourth-order valence-corrected chi connectivity index (χ4v) is 1.09. The summed E-state index contributed by atoms with van der Waals surface area (Å²) < 4.78 is 5.15. The summed E-state index contributed by atoms with van der Waals surface area (Å²) in [4.78, 5) is 0. The van der Waals surface area contributed by atoms with Gasteiger partial charge in [-0.3, -0.25) is 0 Å². The molecule has 1 rings (SSSR count). The highest BCUT2D eigenvalue weighted by Gasteiger charge is 2.14. The second-order valence-corrected chi connectivity index (χ2v) is 2.88. The van der Waals surface area contributed by atoms with Crippen molar-refractivity contribution in [2.75, 3.05) is 0 Å². The minimum absolute atomic E-state index is 0.0963. The molecule has 0 aliphatic rings. The van der Waals surface area contributed by atoms with Crippen LogP contribution in [0.25, 0.3) is 0 Å². The predicted molar refractivity (Wildman–Crippen MR) is 45.4 cm³/mol. The van der Waals surface area contributed by atoms with E-state index in [1.54, 1.807) is 6.92 Å². The molecule has 0 atom stereocenters. The van der Waals surface area contributed by atoms with Gasteiger partial charge in [-0.1, -0.05) is 13.3 Å². The zero-order chi connectivity index (χ0) is 9.14. The Morgan fingerprint density at radius 2 is 1.92 bits per heavy atom. The molecule has 0 saturated carbocycles. The monoisotopic (exact) mass is 170 g/mol. The van der Waals surface area contributed by atoms with Crippen LogP contribution in [0.3, 0.4) is 0 Å². The molecule has 0 unspecified atom stereocenters. The second kappa shape index (κ2) is 3.52. The number of furan rings is 1. The van der Waals surface area contributed by atoms with Crippen LogP contribution in [0.5, 0.6) is 11.5 Å². The Morgan fingerprint density at radius 1 is 1.25 bits per heavy atom. The van der Waals surface area contributed by atoms with Gasteiger partial charge >= 0.3 is 0 Å². The third kappa shape index (κ3) is 1.55. The maximum absolute atomic E-state index is 9.30. The first-order valence-corrected chi connectivity index (χ1v) is 4.17. The summed E-state index contributed by atoms with van der Waals surface area (Å²) in [5.41, 5.74) is 0. The molecule has 0 aliphatic carbocycles. The normalized spacial score (nSPS) is 10.5. The summed E-state index contributed by atoms with van der Waals surface area (Å²) in [7, 11) is 0. The number of aromatic hydroxyl groups is 2. The molecule has 2 N–H and O–H groups in total. The molecule has 0 saturated heterocycles. The van der Waals surface area contributed by atoms with Gasteiger partial charge in [-0.05, 0) is 13.3 Å². The van der Waals surface area contributed by atoms with E-state index in [1.165, 1.54) is 0 Å². The lowest BCUT2D eigenvalue weighted by molar-refractivity contribution is 0.401. The molecule has 0 radical (unpaired) electrons. The molecular weight excluding hydrogens is 156 g/mol. The quantitative estimate of drug-likeness (QED) is 0.732. The number of unbranched alkanes of at least 4 members (excludes halogenated alkanes) is 1. The van der Waals surface area contributed by atoms with Crippen molar-refractivity contribution in [3.63, 3.8) is 0 Å². The van der Waals surface area contributed by atoms with Crippen LogP contribution in [0.15, 0.2) is 4.42 Å². The second-order valence-electron chi connectivity index (χ2n) is 2.88. The molecule has 0 bridgehead atoms. The first-order chi connectivity index (χ1) is 5.66. The van der Waals surface area contributed by atoms with Crippen LogP contribution in [-0.2, 0) is 6.42 Å². The molecule has 1 heterocycles. The first-order valence-electron chi connectivity index (χ1n) is 4.17. The molecule has 0 fully saturated rings. The Labute approximate surface area is 71.6 Å². The van der Waals surface area contributed by atoms with Gasteiger partial charge in [0.05, 0.1) is 0 Å². The Hall–Kier alpha value is -1.12. The predicted octanol–water partition coefficient (Wildman–Crippen LogP) is 2.34. The van der Waals surface area contributed by atoms with Crippen molar-refractivity contribution in [3.05, 3.63) is 11.5 Å². The molecule has 3 heteroatoms. The first kappa shape index (κ1) is 8.97. The number of aryl methyl sites for hydroxylation is 2. The van der Waals surface area contributed by atoms with Gasteiger partial charge in [0.25, 0.3) is 0 Å². The molecule has 0 spiro atoms. The van der Waals surface area contributed by atoms with Gasteiger partial charge in [-0.2, -0.15) is 0 Å². The van der Waals surface area contributed by atoms with Gasteiger partial charge in [-0.25, -0.2) is 0 Å². The Balaban J connectivity index is 2.79. The van der Waals surface area contributed by atoms with E-state index in [0.717, 1.165) is 12.8 Å². The van der Waals surface area contributed by atoms with Crippen LogP contribution < -0.4 is 0 Å². The molecule has 1 aromatic rings. The summed E-state index contributed by atoms with van der Waals surface area (Å²) in [6.07, 6.45) is 2.68. The van der Waals surface area contributed by atoms with Crippen LogP contribution >= 0.6 is 0 Å². The smallest absolute Gasteiger partial charge is 0.200 e. The van der Waals surface area contributed by atoms with E-state index in [9.17, 15) is 10.2 Å². The summed E-state index contributed by atoms with van der Waals surface area (Å²) in [6.45, 7) is 3.69. The van der Waals surface area contributed by atoms with Crippen molar-refractivity contribution in [2.45, 2.75) is 33.1 Å². The minimum Gasteiger partial charge on any atom is -0.502 e. The topological polar surface area (TPSA) is 53.6 Å². The molecule has 0 aromatic carbocycles. The van der Waals surface area contributed by atoms with Gasteiger partial charge < -0.3 is 14.6 Å². The fraction of sp³-hybridized carbons (Fsp3) is 0.556. The SMILES string of the molecule is CCCCc1oc(C)c(O)c1O. The van der Waals surface area contributed by atoms with E-state index in [4.69, 9.17) is 4.42 Å². The molecule has 3 nitrogen and oxygen atoms in total. The number of hydrogen-bond donors (Lipinski definition) is 2. The van der Waals surface area contributed by atoms with Crippen LogP contribution in [0.4, 0.5) is 0 Å². The molecular formula is C9H14O3. The molecule has 1 aromatic heterocycles. The van der Waals surface area contributed by atoms with Crippen molar-refractivity contribution in [2.24, 2.45) is 0 Å². The van der Waals surface area contributed by atoms with Crippen LogP contribution in [0.2, 0.25) is 0 Å². The lowest BCUT2D eigenvalue weighted by Gasteiger charge is -1.93. The van der Waals surface area contributed by atoms with E-state index in [-0.39, 0.29) is 11.5 Å². The third-order valence-electron chi connectivity index (χ3n) is 1.86. The summed E-state index contributed by atoms with van der Waals surface area (Å²) in [6, 6.07) is 0. The van der Waals surface area contributed by atoms with Crippen LogP contribution in [0, 0.1) is 6.92 Å². The Morgan fingerprint density at radius 3 is 2.33 bits per heavy atom. The fourth-order valence-electron chi connectivity index (χ4n) is 1.09. The Kier molecular flexibility index (Phi) is 2.63. The van der Waals surface area contributed by atoms with Gasteiger partial charge in [0.15, 0.2) is 11.5 Å². The van der Waals surface area contributed by atoms with Crippen LogP contribution in [-0.4, -0.2) is 10.2 Å².